The molecule has 116 valence electrons. The van der Waals surface area contributed by atoms with Crippen molar-refractivity contribution in [2.24, 2.45) is 0 Å². The normalized spacial score (nSPS) is 21.5. The monoisotopic (exact) mass is 420 g/mol. The fourth-order valence-corrected chi connectivity index (χ4v) is 3.02. The predicted molar refractivity (Wildman–Crippen MR) is 82.6 cm³/mol. The maximum absolute atomic E-state index is 14.3. The zero-order chi connectivity index (χ0) is 16.7. The molecule has 0 aliphatic heterocycles. The van der Waals surface area contributed by atoms with Crippen molar-refractivity contribution in [3.05, 3.63) is 56.2 Å². The van der Waals surface area contributed by atoms with Gasteiger partial charge in [0.1, 0.15) is 17.1 Å². The van der Waals surface area contributed by atoms with Gasteiger partial charge in [0.15, 0.2) is 0 Å². The molecule has 4 nitrogen and oxygen atoms in total. The molecule has 1 unspecified atom stereocenters. The number of hydrogen-bond donors (Lipinski definition) is 2. The molecular weight excluding hydrogens is 409 g/mol. The van der Waals surface area contributed by atoms with Crippen LogP contribution in [0.1, 0.15) is 18.9 Å². The highest BCUT2D eigenvalue weighted by atomic mass is 127. The van der Waals surface area contributed by atoms with Crippen molar-refractivity contribution in [2.75, 3.05) is 0 Å². The molecule has 7 heteroatoms. The summed E-state index contributed by atoms with van der Waals surface area (Å²) < 4.78 is 28.6. The van der Waals surface area contributed by atoms with Gasteiger partial charge < -0.3 is 10.2 Å². The molecule has 0 saturated heterocycles. The first-order chi connectivity index (χ1) is 10.2. The number of halogens is 3. The smallest absolute Gasteiger partial charge is 0.334 e. The van der Waals surface area contributed by atoms with Crippen LogP contribution in [-0.2, 0) is 15.0 Å². The molecule has 0 aromatic heterocycles. The lowest BCUT2D eigenvalue weighted by Crippen LogP contribution is -2.41. The standard InChI is InChI=1S/C15H11F2IO4/c1-7-4-11(16)9(13(19)20)6-15(7,14(21)22)10-3-2-8(18)5-12(10)17/h2-5H,6H2,1H3,(H,19,20)(H,21,22). The van der Waals surface area contributed by atoms with E-state index in [2.05, 4.69) is 0 Å². The van der Waals surface area contributed by atoms with E-state index in [4.69, 9.17) is 5.11 Å². The van der Waals surface area contributed by atoms with Gasteiger partial charge in [0, 0.05) is 15.6 Å². The average molecular weight is 420 g/mol. The summed E-state index contributed by atoms with van der Waals surface area (Å²) in [6, 6.07) is 3.97. The molecule has 0 heterocycles. The lowest BCUT2D eigenvalue weighted by Gasteiger charge is -2.34. The van der Waals surface area contributed by atoms with Gasteiger partial charge in [0.05, 0.1) is 5.57 Å². The van der Waals surface area contributed by atoms with Gasteiger partial charge in [-0.1, -0.05) is 6.07 Å². The Balaban J connectivity index is 2.73. The van der Waals surface area contributed by atoms with E-state index in [0.717, 1.165) is 12.1 Å². The van der Waals surface area contributed by atoms with E-state index in [1.54, 1.807) is 0 Å². The van der Waals surface area contributed by atoms with Crippen molar-refractivity contribution in [3.63, 3.8) is 0 Å². The van der Waals surface area contributed by atoms with Crippen LogP contribution in [-0.4, -0.2) is 22.2 Å². The molecule has 0 spiro atoms. The van der Waals surface area contributed by atoms with Crippen molar-refractivity contribution in [2.45, 2.75) is 18.8 Å². The van der Waals surface area contributed by atoms with Crippen LogP contribution in [0, 0.1) is 9.39 Å². The van der Waals surface area contributed by atoms with Crippen molar-refractivity contribution in [1.29, 1.82) is 0 Å². The first-order valence-corrected chi connectivity index (χ1v) is 7.27. The van der Waals surface area contributed by atoms with Crippen LogP contribution < -0.4 is 0 Å². The van der Waals surface area contributed by atoms with Crippen LogP contribution in [0.15, 0.2) is 41.2 Å². The van der Waals surface area contributed by atoms with Gasteiger partial charge in [-0.25, -0.2) is 13.6 Å². The SMILES string of the molecule is CC1=CC(F)=C(C(=O)O)CC1(C(=O)O)c1ccc(I)cc1F. The number of carbonyl (C=O) groups is 2. The Hall–Kier alpha value is -1.77. The number of rotatable bonds is 3. The summed E-state index contributed by atoms with van der Waals surface area (Å²) in [4.78, 5) is 23.0. The summed E-state index contributed by atoms with van der Waals surface area (Å²) in [5.41, 5.74) is -2.74. The maximum atomic E-state index is 14.3. The second-order valence-electron chi connectivity index (χ2n) is 4.97. The van der Waals surface area contributed by atoms with Crippen LogP contribution in [0.3, 0.4) is 0 Å². The van der Waals surface area contributed by atoms with Crippen molar-refractivity contribution in [1.82, 2.24) is 0 Å². The summed E-state index contributed by atoms with van der Waals surface area (Å²) in [6.07, 6.45) is 0.196. The number of allylic oxidation sites excluding steroid dienone is 2. The summed E-state index contributed by atoms with van der Waals surface area (Å²) in [5, 5.41) is 18.7. The minimum atomic E-state index is -1.93. The molecule has 1 atom stereocenters. The van der Waals surface area contributed by atoms with E-state index in [9.17, 15) is 23.5 Å². The molecule has 1 aromatic rings. The number of benzene rings is 1. The molecule has 0 saturated carbocycles. The van der Waals surface area contributed by atoms with Gasteiger partial charge in [-0.3, -0.25) is 4.79 Å². The molecule has 2 rings (SSSR count). The first-order valence-electron chi connectivity index (χ1n) is 6.19. The maximum Gasteiger partial charge on any atom is 0.334 e. The largest absolute Gasteiger partial charge is 0.480 e. The van der Waals surface area contributed by atoms with Crippen molar-refractivity contribution >= 4 is 34.5 Å². The molecule has 1 aliphatic rings. The van der Waals surface area contributed by atoms with Crippen LogP contribution in [0.5, 0.6) is 0 Å². The molecule has 0 amide bonds. The number of carboxylic acid groups (broad SMARTS) is 2. The zero-order valence-electron chi connectivity index (χ0n) is 11.4. The quantitative estimate of drug-likeness (QED) is 0.736. The highest BCUT2D eigenvalue weighted by Crippen LogP contribution is 2.44. The Morgan fingerprint density at radius 2 is 1.91 bits per heavy atom. The number of aliphatic carboxylic acids is 2. The van der Waals surface area contributed by atoms with Crippen LogP contribution in [0.2, 0.25) is 0 Å². The van der Waals surface area contributed by atoms with Crippen LogP contribution in [0.25, 0.3) is 0 Å². The molecular formula is C15H11F2IO4. The molecule has 1 aromatic carbocycles. The fourth-order valence-electron chi connectivity index (χ4n) is 2.57. The number of carboxylic acids is 2. The highest BCUT2D eigenvalue weighted by molar-refractivity contribution is 14.1. The summed E-state index contributed by atoms with van der Waals surface area (Å²) in [7, 11) is 0. The van der Waals surface area contributed by atoms with Gasteiger partial charge >= 0.3 is 11.9 Å². The molecule has 0 fully saturated rings. The van der Waals surface area contributed by atoms with E-state index in [0.29, 0.717) is 3.57 Å². The van der Waals surface area contributed by atoms with Gasteiger partial charge in [-0.05, 0) is 53.3 Å². The van der Waals surface area contributed by atoms with Gasteiger partial charge in [0.2, 0.25) is 0 Å². The van der Waals surface area contributed by atoms with E-state index in [-0.39, 0.29) is 11.1 Å². The fraction of sp³-hybridized carbons (Fsp3) is 0.200. The third-order valence-electron chi connectivity index (χ3n) is 3.76. The average Bonchev–Trinajstić information content (AvgIpc) is 2.39. The minimum absolute atomic E-state index is 0.0441. The molecule has 0 radical (unpaired) electrons. The lowest BCUT2D eigenvalue weighted by molar-refractivity contribution is -0.142. The van der Waals surface area contributed by atoms with Crippen LogP contribution in [0.4, 0.5) is 8.78 Å². The summed E-state index contributed by atoms with van der Waals surface area (Å²) >= 11 is 1.87. The minimum Gasteiger partial charge on any atom is -0.480 e. The second kappa shape index (κ2) is 5.79. The Labute approximate surface area is 138 Å². The Bertz CT molecular complexity index is 739. The van der Waals surface area contributed by atoms with Crippen LogP contribution >= 0.6 is 22.6 Å². The van der Waals surface area contributed by atoms with Gasteiger partial charge in [-0.15, -0.1) is 0 Å². The topological polar surface area (TPSA) is 74.6 Å². The Morgan fingerprint density at radius 1 is 1.27 bits per heavy atom. The molecule has 22 heavy (non-hydrogen) atoms. The summed E-state index contributed by atoms with van der Waals surface area (Å²) in [6.45, 7) is 1.35. The summed E-state index contributed by atoms with van der Waals surface area (Å²) in [5.74, 6) is -4.76. The third kappa shape index (κ3) is 2.53. The van der Waals surface area contributed by atoms with Crippen molar-refractivity contribution in [3.8, 4) is 0 Å². The first kappa shape index (κ1) is 16.6. The van der Waals surface area contributed by atoms with E-state index >= 15 is 0 Å². The zero-order valence-corrected chi connectivity index (χ0v) is 13.5. The highest BCUT2D eigenvalue weighted by Gasteiger charge is 2.48. The van der Waals surface area contributed by atoms with Crippen molar-refractivity contribution < 1.29 is 28.6 Å². The second-order valence-corrected chi connectivity index (χ2v) is 6.22. The van der Waals surface area contributed by atoms with Gasteiger partial charge in [-0.2, -0.15) is 0 Å². The van der Waals surface area contributed by atoms with Gasteiger partial charge in [0.25, 0.3) is 0 Å². The lowest BCUT2D eigenvalue weighted by atomic mass is 9.67. The van der Waals surface area contributed by atoms with E-state index in [1.165, 1.54) is 19.1 Å². The Kier molecular flexibility index (Phi) is 4.37. The number of hydrogen-bond acceptors (Lipinski definition) is 2. The Morgan fingerprint density at radius 3 is 2.41 bits per heavy atom. The van der Waals surface area contributed by atoms with E-state index < -0.39 is 41.0 Å². The molecule has 1 aliphatic carbocycles. The molecule has 2 N–H and O–H groups in total. The predicted octanol–water partition coefficient (Wildman–Crippen LogP) is 3.41. The third-order valence-corrected chi connectivity index (χ3v) is 4.43. The molecule has 0 bridgehead atoms. The van der Waals surface area contributed by atoms with E-state index in [1.807, 2.05) is 22.6 Å².